The van der Waals surface area contributed by atoms with Gasteiger partial charge in [-0.3, -0.25) is 0 Å². The first kappa shape index (κ1) is 10.7. The average molecular weight is 216 g/mol. The third-order valence-corrected chi connectivity index (χ3v) is 1.43. The number of nitrogens with zero attached hydrogens (tertiary/aromatic N) is 3. The van der Waals surface area contributed by atoms with Crippen molar-refractivity contribution in [3.05, 3.63) is 5.82 Å². The maximum atomic E-state index is 12.5. The zero-order valence-corrected chi connectivity index (χ0v) is 6.81. The Balaban J connectivity index is 3.16. The topological polar surface area (TPSA) is 56.7 Å². The molecule has 1 aromatic heterocycles. The van der Waals surface area contributed by atoms with Crippen LogP contribution in [0.1, 0.15) is 5.82 Å². The zero-order valence-electron chi connectivity index (χ0n) is 6.81. The highest BCUT2D eigenvalue weighted by atomic mass is 19.4. The van der Waals surface area contributed by atoms with Gasteiger partial charge in [-0.05, 0) is 0 Å². The predicted molar refractivity (Wildman–Crippen MR) is 35.4 cm³/mol. The van der Waals surface area contributed by atoms with Crippen LogP contribution in [-0.2, 0) is 13.0 Å². The van der Waals surface area contributed by atoms with Crippen LogP contribution in [0.3, 0.4) is 0 Å². The fourth-order valence-corrected chi connectivity index (χ4v) is 0.656. The minimum atomic E-state index is -5.72. The number of hydrogen-bond acceptors (Lipinski definition) is 3. The molecule has 0 aliphatic heterocycles. The van der Waals surface area contributed by atoms with Gasteiger partial charge in [-0.1, -0.05) is 0 Å². The summed E-state index contributed by atoms with van der Waals surface area (Å²) in [5.74, 6) is -7.24. The van der Waals surface area contributed by atoms with Gasteiger partial charge in [0.05, 0.1) is 0 Å². The third kappa shape index (κ3) is 1.49. The van der Waals surface area contributed by atoms with Crippen LogP contribution < -0.4 is 5.73 Å². The van der Waals surface area contributed by atoms with Crippen LogP contribution in [0, 0.1) is 0 Å². The summed E-state index contributed by atoms with van der Waals surface area (Å²) < 4.78 is 61.0. The molecule has 0 amide bonds. The molecule has 1 heterocycles. The van der Waals surface area contributed by atoms with E-state index in [0.717, 1.165) is 7.05 Å². The van der Waals surface area contributed by atoms with Crippen molar-refractivity contribution in [1.29, 1.82) is 0 Å². The fraction of sp³-hybridized carbons (Fsp3) is 0.600. The molecule has 0 atom stereocenters. The second kappa shape index (κ2) is 2.79. The van der Waals surface area contributed by atoms with Crippen LogP contribution in [0.2, 0.25) is 0 Å². The maximum Gasteiger partial charge on any atom is 0.461 e. The maximum absolute atomic E-state index is 12.5. The van der Waals surface area contributed by atoms with Crippen LogP contribution in [0.25, 0.3) is 0 Å². The van der Waals surface area contributed by atoms with E-state index in [2.05, 4.69) is 10.1 Å². The number of halogens is 5. The van der Waals surface area contributed by atoms with E-state index >= 15 is 0 Å². The second-order valence-electron chi connectivity index (χ2n) is 2.49. The molecule has 1 rings (SSSR count). The fourth-order valence-electron chi connectivity index (χ4n) is 0.656. The Morgan fingerprint density at radius 2 is 1.71 bits per heavy atom. The number of aryl methyl sites for hydroxylation is 1. The minimum absolute atomic E-state index is 0.510. The van der Waals surface area contributed by atoms with Gasteiger partial charge >= 0.3 is 12.1 Å². The molecule has 0 aliphatic carbocycles. The van der Waals surface area contributed by atoms with Gasteiger partial charge in [0.1, 0.15) is 0 Å². The van der Waals surface area contributed by atoms with E-state index < -0.39 is 23.9 Å². The highest BCUT2D eigenvalue weighted by Crippen LogP contribution is 2.42. The Kier molecular flexibility index (Phi) is 2.13. The van der Waals surface area contributed by atoms with Crippen LogP contribution in [-0.4, -0.2) is 20.9 Å². The monoisotopic (exact) mass is 216 g/mol. The molecule has 0 bridgehead atoms. The molecule has 0 fully saturated rings. The molecule has 9 heteroatoms. The summed E-state index contributed by atoms with van der Waals surface area (Å²) in [6.45, 7) is 0. The third-order valence-electron chi connectivity index (χ3n) is 1.43. The molecule has 14 heavy (non-hydrogen) atoms. The number of aromatic nitrogens is 3. The Morgan fingerprint density at radius 3 is 2.00 bits per heavy atom. The van der Waals surface area contributed by atoms with E-state index in [0.29, 0.717) is 4.68 Å². The summed E-state index contributed by atoms with van der Waals surface area (Å²) in [5.41, 5.74) is 4.97. The predicted octanol–water partition coefficient (Wildman–Crippen LogP) is 1.05. The van der Waals surface area contributed by atoms with Gasteiger partial charge < -0.3 is 5.73 Å². The molecule has 2 N–H and O–H groups in total. The first-order chi connectivity index (χ1) is 6.16. The summed E-state index contributed by atoms with van der Waals surface area (Å²) in [6.07, 6.45) is -5.72. The molecule has 1 aromatic rings. The Morgan fingerprint density at radius 1 is 1.21 bits per heavy atom. The number of alkyl halides is 5. The van der Waals surface area contributed by atoms with Crippen molar-refractivity contribution in [3.8, 4) is 0 Å². The van der Waals surface area contributed by atoms with E-state index in [4.69, 9.17) is 5.73 Å². The first-order valence-corrected chi connectivity index (χ1v) is 3.28. The standard InChI is InChI=1S/C5H5F5N4/c1-14-3(11)12-2(13-14)4(6,7)5(8,9)10/h1H3,(H2,11,12,13). The molecule has 0 saturated heterocycles. The molecule has 0 aliphatic rings. The normalized spacial score (nSPS) is 13.3. The quantitative estimate of drug-likeness (QED) is 0.714. The number of anilines is 1. The summed E-state index contributed by atoms with van der Waals surface area (Å²) >= 11 is 0. The molecule has 4 nitrogen and oxygen atoms in total. The van der Waals surface area contributed by atoms with Crippen LogP contribution in [0.15, 0.2) is 0 Å². The van der Waals surface area contributed by atoms with Crippen molar-refractivity contribution in [3.63, 3.8) is 0 Å². The molecule has 80 valence electrons. The summed E-state index contributed by atoms with van der Waals surface area (Å²) in [6, 6.07) is 0. The summed E-state index contributed by atoms with van der Waals surface area (Å²) in [7, 11) is 1.11. The van der Waals surface area contributed by atoms with Crippen molar-refractivity contribution < 1.29 is 22.0 Å². The van der Waals surface area contributed by atoms with E-state index in [9.17, 15) is 22.0 Å². The lowest BCUT2D eigenvalue weighted by Crippen LogP contribution is -2.34. The Hall–Kier alpha value is -1.41. The van der Waals surface area contributed by atoms with E-state index in [1.807, 2.05) is 0 Å². The molecule has 0 aromatic carbocycles. The van der Waals surface area contributed by atoms with Gasteiger partial charge in [0.25, 0.3) is 0 Å². The van der Waals surface area contributed by atoms with E-state index in [-0.39, 0.29) is 0 Å². The number of nitrogens with two attached hydrogens (primary N) is 1. The van der Waals surface area contributed by atoms with Gasteiger partial charge in [-0.15, -0.1) is 5.10 Å². The average Bonchev–Trinajstić information content (AvgIpc) is 2.30. The number of hydrogen-bond donors (Lipinski definition) is 1. The molecule has 0 spiro atoms. The Bertz CT molecular complexity index is 321. The van der Waals surface area contributed by atoms with Crippen LogP contribution >= 0.6 is 0 Å². The van der Waals surface area contributed by atoms with Crippen molar-refractivity contribution in [2.24, 2.45) is 7.05 Å². The molecular weight excluding hydrogens is 211 g/mol. The second-order valence-corrected chi connectivity index (χ2v) is 2.49. The van der Waals surface area contributed by atoms with Gasteiger partial charge in [0.2, 0.25) is 11.8 Å². The molecule has 0 unspecified atom stereocenters. The van der Waals surface area contributed by atoms with Crippen molar-refractivity contribution in [2.45, 2.75) is 12.1 Å². The van der Waals surface area contributed by atoms with Crippen molar-refractivity contribution in [2.75, 3.05) is 5.73 Å². The Labute approximate surface area is 74.5 Å². The highest BCUT2D eigenvalue weighted by Gasteiger charge is 2.61. The van der Waals surface area contributed by atoms with Gasteiger partial charge in [-0.2, -0.15) is 26.9 Å². The van der Waals surface area contributed by atoms with E-state index in [1.165, 1.54) is 0 Å². The molecule has 0 saturated carbocycles. The SMILES string of the molecule is Cn1nc(C(F)(F)C(F)(F)F)nc1N. The highest BCUT2D eigenvalue weighted by molar-refractivity contribution is 5.18. The van der Waals surface area contributed by atoms with Gasteiger partial charge in [0, 0.05) is 7.05 Å². The van der Waals surface area contributed by atoms with Crippen LogP contribution in [0.5, 0.6) is 0 Å². The first-order valence-electron chi connectivity index (χ1n) is 3.28. The van der Waals surface area contributed by atoms with Gasteiger partial charge in [-0.25, -0.2) is 4.68 Å². The largest absolute Gasteiger partial charge is 0.461 e. The minimum Gasteiger partial charge on any atom is -0.368 e. The summed E-state index contributed by atoms with van der Waals surface area (Å²) in [4.78, 5) is 2.81. The summed E-state index contributed by atoms with van der Waals surface area (Å²) in [5, 5.41) is 2.86. The van der Waals surface area contributed by atoms with Gasteiger partial charge in [0.15, 0.2) is 0 Å². The van der Waals surface area contributed by atoms with E-state index in [1.54, 1.807) is 0 Å². The lowest BCUT2D eigenvalue weighted by atomic mass is 10.3. The lowest BCUT2D eigenvalue weighted by Gasteiger charge is -2.15. The number of rotatable bonds is 1. The molecule has 0 radical (unpaired) electrons. The lowest BCUT2D eigenvalue weighted by molar-refractivity contribution is -0.292. The smallest absolute Gasteiger partial charge is 0.368 e. The van der Waals surface area contributed by atoms with Crippen molar-refractivity contribution in [1.82, 2.24) is 14.8 Å². The van der Waals surface area contributed by atoms with Crippen molar-refractivity contribution >= 4 is 5.95 Å². The zero-order chi connectivity index (χ0) is 11.1. The van der Waals surface area contributed by atoms with Crippen LogP contribution in [0.4, 0.5) is 27.9 Å². The number of nitrogen functional groups attached to an aromatic ring is 1. The molecular formula is C5H5F5N4.